The molecule has 0 aliphatic carbocycles. The van der Waals surface area contributed by atoms with Crippen molar-refractivity contribution in [2.75, 3.05) is 0 Å². The van der Waals surface area contributed by atoms with E-state index in [-0.39, 0.29) is 11.4 Å². The van der Waals surface area contributed by atoms with E-state index in [0.29, 0.717) is 5.71 Å². The zero-order valence-electron chi connectivity index (χ0n) is 8.06. The van der Waals surface area contributed by atoms with Crippen molar-refractivity contribution in [2.45, 2.75) is 6.92 Å². The highest BCUT2D eigenvalue weighted by molar-refractivity contribution is 7.12. The standard InChI is InChI=1S/C10H8N4S/c1-7(10-3-2-4-15-10)14-9(6-12)8(13)5-11/h2-4H,13H2,1H3/b9-8-,14-7?. The lowest BCUT2D eigenvalue weighted by Crippen LogP contribution is -2.00. The lowest BCUT2D eigenvalue weighted by atomic mass is 10.3. The van der Waals surface area contributed by atoms with Crippen LogP contribution in [0.5, 0.6) is 0 Å². The molecule has 1 aromatic rings. The first kappa shape index (κ1) is 11.0. The smallest absolute Gasteiger partial charge is 0.174 e. The van der Waals surface area contributed by atoms with E-state index >= 15 is 0 Å². The Labute approximate surface area is 91.6 Å². The quantitative estimate of drug-likeness (QED) is 0.603. The van der Waals surface area contributed by atoms with Crippen LogP contribution in [0.1, 0.15) is 11.8 Å². The van der Waals surface area contributed by atoms with Crippen LogP contribution in [-0.2, 0) is 0 Å². The summed E-state index contributed by atoms with van der Waals surface area (Å²) in [6.45, 7) is 1.77. The Morgan fingerprint density at radius 2 is 2.20 bits per heavy atom. The lowest BCUT2D eigenvalue weighted by Gasteiger charge is -1.95. The summed E-state index contributed by atoms with van der Waals surface area (Å²) in [5.41, 5.74) is 5.80. The minimum atomic E-state index is -0.159. The number of nitrogens with zero attached hydrogens (tertiary/aromatic N) is 3. The normalized spacial score (nSPS) is 12.6. The summed E-state index contributed by atoms with van der Waals surface area (Å²) in [7, 11) is 0. The van der Waals surface area contributed by atoms with Crippen LogP contribution >= 0.6 is 11.3 Å². The van der Waals surface area contributed by atoms with Gasteiger partial charge < -0.3 is 5.73 Å². The topological polar surface area (TPSA) is 86.0 Å². The molecule has 4 nitrogen and oxygen atoms in total. The first-order chi connectivity index (χ1) is 7.19. The maximum absolute atomic E-state index is 8.73. The van der Waals surface area contributed by atoms with Crippen molar-refractivity contribution in [3.8, 4) is 12.1 Å². The predicted octanol–water partition coefficient (Wildman–Crippen LogP) is 1.77. The van der Waals surface area contributed by atoms with Gasteiger partial charge in [-0.2, -0.15) is 10.5 Å². The van der Waals surface area contributed by atoms with E-state index in [1.54, 1.807) is 19.1 Å². The lowest BCUT2D eigenvalue weighted by molar-refractivity contribution is 1.26. The average Bonchev–Trinajstić information content (AvgIpc) is 2.77. The molecule has 0 spiro atoms. The highest BCUT2D eigenvalue weighted by atomic mass is 32.1. The molecule has 0 radical (unpaired) electrons. The van der Waals surface area contributed by atoms with Gasteiger partial charge in [-0.1, -0.05) is 6.07 Å². The fraction of sp³-hybridized carbons (Fsp3) is 0.100. The summed E-state index contributed by atoms with van der Waals surface area (Å²) in [6, 6.07) is 7.27. The minimum absolute atomic E-state index is 0.0385. The summed E-state index contributed by atoms with van der Waals surface area (Å²) in [5.74, 6) is 0. The number of nitrogens with two attached hydrogens (primary N) is 1. The third kappa shape index (κ3) is 2.67. The SMILES string of the molecule is CC(=N/C(C#N)=C(\N)C#N)c1cccs1. The van der Waals surface area contributed by atoms with Crippen molar-refractivity contribution >= 4 is 17.0 Å². The van der Waals surface area contributed by atoms with Crippen LogP contribution in [-0.4, -0.2) is 5.71 Å². The Kier molecular flexibility index (Phi) is 3.61. The molecule has 1 heterocycles. The van der Waals surface area contributed by atoms with Crippen LogP contribution in [0.3, 0.4) is 0 Å². The highest BCUT2D eigenvalue weighted by Gasteiger charge is 2.03. The third-order valence-corrected chi connectivity index (χ3v) is 2.62. The van der Waals surface area contributed by atoms with Crippen LogP contribution < -0.4 is 5.73 Å². The van der Waals surface area contributed by atoms with Crippen LogP contribution in [0.25, 0.3) is 0 Å². The molecule has 0 aliphatic rings. The number of rotatable bonds is 2. The molecule has 0 unspecified atom stereocenters. The maximum atomic E-state index is 8.73. The molecule has 1 rings (SSSR count). The van der Waals surface area contributed by atoms with Gasteiger partial charge in [0.2, 0.25) is 0 Å². The summed E-state index contributed by atoms with van der Waals surface area (Å²) < 4.78 is 0. The van der Waals surface area contributed by atoms with Gasteiger partial charge in [0, 0.05) is 4.88 Å². The van der Waals surface area contributed by atoms with Crippen LogP contribution in [0, 0.1) is 22.7 Å². The zero-order valence-corrected chi connectivity index (χ0v) is 8.88. The Balaban J connectivity index is 3.09. The minimum Gasteiger partial charge on any atom is -0.388 e. The Morgan fingerprint density at radius 1 is 1.47 bits per heavy atom. The van der Waals surface area contributed by atoms with Gasteiger partial charge in [0.25, 0.3) is 0 Å². The fourth-order valence-corrected chi connectivity index (χ4v) is 1.58. The molecule has 0 aromatic carbocycles. The Morgan fingerprint density at radius 3 is 2.67 bits per heavy atom. The van der Waals surface area contributed by atoms with Crippen LogP contribution in [0.2, 0.25) is 0 Å². The fourth-order valence-electron chi connectivity index (χ4n) is 0.906. The van der Waals surface area contributed by atoms with Gasteiger partial charge in [-0.3, -0.25) is 0 Å². The average molecular weight is 216 g/mol. The van der Waals surface area contributed by atoms with Crippen molar-refractivity contribution in [1.29, 1.82) is 10.5 Å². The number of allylic oxidation sites excluding steroid dienone is 2. The summed E-state index contributed by atoms with van der Waals surface area (Å²) in [4.78, 5) is 4.96. The summed E-state index contributed by atoms with van der Waals surface area (Å²) in [6.07, 6.45) is 0. The van der Waals surface area contributed by atoms with Crippen molar-refractivity contribution in [3.63, 3.8) is 0 Å². The molecule has 0 atom stereocenters. The van der Waals surface area contributed by atoms with Crippen molar-refractivity contribution in [2.24, 2.45) is 10.7 Å². The highest BCUT2D eigenvalue weighted by Crippen LogP contribution is 2.12. The molecular weight excluding hydrogens is 208 g/mol. The van der Waals surface area contributed by atoms with E-state index in [1.165, 1.54) is 11.3 Å². The van der Waals surface area contributed by atoms with Crippen molar-refractivity contribution in [1.82, 2.24) is 0 Å². The number of hydrogen-bond donors (Lipinski definition) is 1. The molecule has 15 heavy (non-hydrogen) atoms. The molecular formula is C10H8N4S. The monoisotopic (exact) mass is 216 g/mol. The van der Waals surface area contributed by atoms with Gasteiger partial charge in [0.05, 0.1) is 5.71 Å². The molecule has 1 aromatic heterocycles. The van der Waals surface area contributed by atoms with Gasteiger partial charge in [0.15, 0.2) is 5.70 Å². The van der Waals surface area contributed by atoms with Gasteiger partial charge in [0.1, 0.15) is 17.8 Å². The third-order valence-electron chi connectivity index (χ3n) is 1.64. The molecule has 0 aliphatic heterocycles. The van der Waals surface area contributed by atoms with Crippen LogP contribution in [0.4, 0.5) is 0 Å². The molecule has 5 heteroatoms. The maximum Gasteiger partial charge on any atom is 0.174 e. The Bertz CT molecular complexity index is 482. The van der Waals surface area contributed by atoms with E-state index in [1.807, 2.05) is 17.5 Å². The first-order valence-corrected chi connectivity index (χ1v) is 4.96. The van der Waals surface area contributed by atoms with Crippen molar-refractivity contribution < 1.29 is 0 Å². The van der Waals surface area contributed by atoms with E-state index in [4.69, 9.17) is 16.3 Å². The van der Waals surface area contributed by atoms with E-state index in [0.717, 1.165) is 4.88 Å². The number of aliphatic imine (C=N–C) groups is 1. The predicted molar refractivity (Wildman–Crippen MR) is 59.0 cm³/mol. The molecule has 0 fully saturated rings. The summed E-state index contributed by atoms with van der Waals surface area (Å²) >= 11 is 1.52. The van der Waals surface area contributed by atoms with Crippen molar-refractivity contribution in [3.05, 3.63) is 33.8 Å². The van der Waals surface area contributed by atoms with Gasteiger partial charge in [-0.25, -0.2) is 4.99 Å². The van der Waals surface area contributed by atoms with E-state index in [9.17, 15) is 0 Å². The second kappa shape index (κ2) is 4.94. The largest absolute Gasteiger partial charge is 0.388 e. The molecule has 0 amide bonds. The summed E-state index contributed by atoms with van der Waals surface area (Å²) in [5, 5.41) is 19.2. The molecule has 0 bridgehead atoms. The number of thiophene rings is 1. The van der Waals surface area contributed by atoms with E-state index < -0.39 is 0 Å². The van der Waals surface area contributed by atoms with Gasteiger partial charge >= 0.3 is 0 Å². The van der Waals surface area contributed by atoms with Gasteiger partial charge in [-0.05, 0) is 18.4 Å². The first-order valence-electron chi connectivity index (χ1n) is 4.08. The molecule has 0 saturated heterocycles. The van der Waals surface area contributed by atoms with Gasteiger partial charge in [-0.15, -0.1) is 11.3 Å². The Hall–Kier alpha value is -2.11. The molecule has 2 N–H and O–H groups in total. The number of hydrogen-bond acceptors (Lipinski definition) is 5. The second-order valence-electron chi connectivity index (χ2n) is 2.66. The zero-order chi connectivity index (χ0) is 11.3. The molecule has 0 saturated carbocycles. The number of nitriles is 2. The van der Waals surface area contributed by atoms with E-state index in [2.05, 4.69) is 4.99 Å². The second-order valence-corrected chi connectivity index (χ2v) is 3.61. The molecule has 74 valence electrons. The van der Waals surface area contributed by atoms with Crippen LogP contribution in [0.15, 0.2) is 33.9 Å².